The summed E-state index contributed by atoms with van der Waals surface area (Å²) in [5.74, 6) is 0.728. The number of rotatable bonds is 3. The molecule has 4 nitrogen and oxygen atoms in total. The molecule has 2 aliphatic heterocycles. The predicted octanol–water partition coefficient (Wildman–Crippen LogP) is -1.56. The third kappa shape index (κ3) is 13.1. The average Bonchev–Trinajstić information content (AvgIpc) is 2.44. The zero-order chi connectivity index (χ0) is 14.1. The van der Waals surface area contributed by atoms with Crippen molar-refractivity contribution in [2.75, 3.05) is 59.4 Å². The van der Waals surface area contributed by atoms with Crippen LogP contribution in [0.4, 0.5) is 0 Å². The number of aldehydes is 1. The molecule has 0 atom stereocenters. The van der Waals surface area contributed by atoms with Gasteiger partial charge in [0.25, 0.3) is 0 Å². The Balaban J connectivity index is -0.000000299. The van der Waals surface area contributed by atoms with Gasteiger partial charge in [-0.2, -0.15) is 5.92 Å². The predicted molar refractivity (Wildman–Crippen MR) is 86.6 cm³/mol. The Kier molecular flexibility index (Phi) is 22.8. The van der Waals surface area contributed by atoms with E-state index >= 15 is 0 Å². The summed E-state index contributed by atoms with van der Waals surface area (Å²) in [4.78, 5) is 17.1. The van der Waals surface area contributed by atoms with E-state index in [-0.39, 0.29) is 77.4 Å². The molecule has 2 fully saturated rings. The van der Waals surface area contributed by atoms with E-state index in [0.717, 1.165) is 44.9 Å². The smallest absolute Gasteiger partial charge is 0.358 e. The molecule has 125 valence electrons. The number of likely N-dealkylation sites (N-methyl/N-ethyl adjacent to an activating group) is 1. The van der Waals surface area contributed by atoms with Gasteiger partial charge in [-0.05, 0) is 26.7 Å². The van der Waals surface area contributed by atoms with Crippen LogP contribution in [-0.4, -0.2) is 80.4 Å². The van der Waals surface area contributed by atoms with Gasteiger partial charge in [0.05, 0.1) is 6.54 Å². The molecule has 0 bridgehead atoms. The third-order valence-corrected chi connectivity index (χ3v) is 4.08. The van der Waals surface area contributed by atoms with Crippen molar-refractivity contribution >= 4 is 6.29 Å². The van der Waals surface area contributed by atoms with Gasteiger partial charge in [-0.1, -0.05) is 19.8 Å². The number of piperazine rings is 1. The van der Waals surface area contributed by atoms with Gasteiger partial charge in [0.1, 0.15) is 6.29 Å². The molecule has 2 saturated heterocycles. The molecule has 0 unspecified atom stereocenters. The van der Waals surface area contributed by atoms with Crippen LogP contribution in [0, 0.1) is 20.3 Å². The molecule has 0 spiro atoms. The molecular weight excluding hydrogens is 340 g/mol. The molecule has 1 radical (unpaired) electrons. The second kappa shape index (κ2) is 17.6. The molecule has 0 aromatic carbocycles. The molecule has 22 heavy (non-hydrogen) atoms. The average molecular weight is 374 g/mol. The molecule has 6 heteroatoms. The Hall–Kier alpha value is 1.77. The van der Waals surface area contributed by atoms with E-state index in [9.17, 15) is 4.79 Å². The molecule has 2 rings (SSSR count). The minimum absolute atomic E-state index is 0. The van der Waals surface area contributed by atoms with Crippen LogP contribution in [0.1, 0.15) is 19.8 Å². The third-order valence-electron chi connectivity index (χ3n) is 4.08. The van der Waals surface area contributed by atoms with Crippen molar-refractivity contribution in [3.63, 3.8) is 0 Å². The number of nitrogens with zero attached hydrogens (tertiary/aromatic N) is 3. The maximum atomic E-state index is 10.2. The maximum absolute atomic E-state index is 10.2. The first kappa shape index (κ1) is 28.6. The van der Waals surface area contributed by atoms with Crippen LogP contribution in [0.2, 0.25) is 0 Å². The van der Waals surface area contributed by atoms with Crippen molar-refractivity contribution in [2.45, 2.75) is 19.8 Å². The fourth-order valence-corrected chi connectivity index (χ4v) is 2.46. The van der Waals surface area contributed by atoms with Crippen LogP contribution in [0.5, 0.6) is 0 Å². The number of carbonyl (C=O) groups is 1. The van der Waals surface area contributed by atoms with Crippen molar-refractivity contribution < 1.29 is 74.7 Å². The van der Waals surface area contributed by atoms with E-state index in [1.165, 1.54) is 25.9 Å². The summed E-state index contributed by atoms with van der Waals surface area (Å²) in [5.41, 5.74) is 0. The fourth-order valence-electron chi connectivity index (χ4n) is 2.46. The molecule has 0 saturated carbocycles. The number of hydrogen-bond acceptors (Lipinski definition) is 4. The first-order valence-electron chi connectivity index (χ1n) is 7.55. The van der Waals surface area contributed by atoms with Gasteiger partial charge in [0, 0.05) is 44.7 Å². The van der Waals surface area contributed by atoms with Gasteiger partial charge in [-0.3, -0.25) is 4.90 Å². The Morgan fingerprint density at radius 3 is 1.86 bits per heavy atom. The van der Waals surface area contributed by atoms with Gasteiger partial charge in [-0.25, -0.2) is 0 Å². The second-order valence-electron chi connectivity index (χ2n) is 5.65. The van der Waals surface area contributed by atoms with Crippen LogP contribution >= 0.6 is 0 Å². The van der Waals surface area contributed by atoms with Crippen molar-refractivity contribution in [3.05, 3.63) is 14.4 Å². The molecule has 2 aliphatic rings. The van der Waals surface area contributed by atoms with Crippen LogP contribution in [-0.2, 0) is 23.4 Å². The topological polar surface area (TPSA) is 26.8 Å². The Bertz CT molecular complexity index is 234. The van der Waals surface area contributed by atoms with E-state index in [0.29, 0.717) is 6.54 Å². The van der Waals surface area contributed by atoms with Gasteiger partial charge in [0.15, 0.2) is 0 Å². The van der Waals surface area contributed by atoms with Crippen molar-refractivity contribution in [3.8, 4) is 0 Å². The SMILES string of the molecule is CCN1CCN(CC=O)CC1.[CH2-]C1CCN(C)CC1.[CH3-].[K+].[V]. The molecule has 0 aromatic rings. The normalized spacial score (nSPS) is 20.5. The number of carbonyl (C=O) groups excluding carboxylic acids is 1. The minimum atomic E-state index is 0. The standard InChI is InChI=1S/C8H16N2O.C7H14N.CH3.K.V/c1-2-9-3-5-10(6-4-9)7-8-11;1-7-3-5-8(2)6-4-7;;;/h8H,2-7H2,1H3;7H,1,3-6H2,2H3;1H3;;/q;2*-1;+1;. The molecule has 0 N–H and O–H groups in total. The summed E-state index contributed by atoms with van der Waals surface area (Å²) in [7, 11) is 2.17. The summed E-state index contributed by atoms with van der Waals surface area (Å²) >= 11 is 0. The first-order valence-corrected chi connectivity index (χ1v) is 7.55. The fraction of sp³-hybridized carbons (Fsp3) is 0.812. The first-order chi connectivity index (χ1) is 9.15. The zero-order valence-corrected chi connectivity index (χ0v) is 19.6. The van der Waals surface area contributed by atoms with Gasteiger partial charge in [-0.15, -0.1) is 0 Å². The van der Waals surface area contributed by atoms with Crippen molar-refractivity contribution in [2.24, 2.45) is 5.92 Å². The molecular formula is C16H33KN3OV-. The van der Waals surface area contributed by atoms with Gasteiger partial charge < -0.3 is 28.9 Å². The largest absolute Gasteiger partial charge is 1.00 e. The quantitative estimate of drug-likeness (QED) is 0.340. The van der Waals surface area contributed by atoms with Gasteiger partial charge >= 0.3 is 51.4 Å². The summed E-state index contributed by atoms with van der Waals surface area (Å²) < 4.78 is 0. The van der Waals surface area contributed by atoms with Crippen LogP contribution in [0.25, 0.3) is 0 Å². The Labute approximate surface area is 193 Å². The number of hydrogen-bond donors (Lipinski definition) is 0. The summed E-state index contributed by atoms with van der Waals surface area (Å²) in [6.45, 7) is 14.7. The van der Waals surface area contributed by atoms with E-state index in [1.54, 1.807) is 0 Å². The van der Waals surface area contributed by atoms with E-state index in [2.05, 4.69) is 35.6 Å². The van der Waals surface area contributed by atoms with E-state index < -0.39 is 0 Å². The monoisotopic (exact) mass is 373 g/mol. The summed E-state index contributed by atoms with van der Waals surface area (Å²) in [5, 5.41) is 0. The Morgan fingerprint density at radius 1 is 1.05 bits per heavy atom. The van der Waals surface area contributed by atoms with Crippen LogP contribution in [0.15, 0.2) is 0 Å². The molecule has 2 heterocycles. The number of likely N-dealkylation sites (tertiary alicyclic amines) is 1. The summed E-state index contributed by atoms with van der Waals surface area (Å²) in [6.07, 6.45) is 3.56. The molecule has 0 aliphatic carbocycles. The van der Waals surface area contributed by atoms with E-state index in [1.807, 2.05) is 0 Å². The number of piperidine rings is 1. The Morgan fingerprint density at radius 2 is 1.50 bits per heavy atom. The van der Waals surface area contributed by atoms with E-state index in [4.69, 9.17) is 0 Å². The maximum Gasteiger partial charge on any atom is 1.00 e. The molecule has 0 aromatic heterocycles. The van der Waals surface area contributed by atoms with Gasteiger partial charge in [0.2, 0.25) is 0 Å². The summed E-state index contributed by atoms with van der Waals surface area (Å²) in [6, 6.07) is 0. The minimum Gasteiger partial charge on any atom is -0.358 e. The zero-order valence-electron chi connectivity index (χ0n) is 15.1. The van der Waals surface area contributed by atoms with Crippen LogP contribution < -0.4 is 51.4 Å². The van der Waals surface area contributed by atoms with Crippen molar-refractivity contribution in [1.82, 2.24) is 14.7 Å². The van der Waals surface area contributed by atoms with Crippen molar-refractivity contribution in [1.29, 1.82) is 0 Å². The molecule has 0 amide bonds. The second-order valence-corrected chi connectivity index (χ2v) is 5.65. The van der Waals surface area contributed by atoms with Crippen LogP contribution in [0.3, 0.4) is 0 Å².